The summed E-state index contributed by atoms with van der Waals surface area (Å²) < 4.78 is 7.13. The van der Waals surface area contributed by atoms with Crippen molar-refractivity contribution in [2.45, 2.75) is 43.3 Å². The zero-order chi connectivity index (χ0) is 22.7. The lowest BCUT2D eigenvalue weighted by Crippen LogP contribution is -2.45. The molecule has 0 saturated heterocycles. The minimum Gasteiger partial charge on any atom is -0.342 e. The number of rotatable bonds is 7. The summed E-state index contributed by atoms with van der Waals surface area (Å²) in [6, 6.07) is 13.6. The van der Waals surface area contributed by atoms with Crippen LogP contribution < -0.4 is 5.32 Å². The summed E-state index contributed by atoms with van der Waals surface area (Å²) in [6.45, 7) is 1.76. The van der Waals surface area contributed by atoms with Crippen molar-refractivity contribution in [1.82, 2.24) is 35.2 Å². The van der Waals surface area contributed by atoms with E-state index in [0.717, 1.165) is 36.9 Å². The van der Waals surface area contributed by atoms with Crippen LogP contribution in [0.4, 0.5) is 0 Å². The van der Waals surface area contributed by atoms with Gasteiger partial charge in [0.05, 0.1) is 5.75 Å². The molecule has 1 aliphatic rings. The number of hydrogen-bond acceptors (Lipinski definition) is 8. The number of thioether (sulfide) groups is 1. The normalized spacial score (nSPS) is 14.9. The maximum atomic E-state index is 13.0. The standard InChI is InChI=1S/C23H23N7O2S/c1-16-25-21(29-32-16)23(11-5-6-12-23)26-19(31)15-33-22-28-27-20(17-8-7-13-24-14-17)30(22)18-9-3-2-4-10-18/h2-4,7-10,13-14H,5-6,11-12,15H2,1H3,(H,26,31). The molecule has 3 aromatic heterocycles. The predicted octanol–water partition coefficient (Wildman–Crippen LogP) is 3.70. The third-order valence-electron chi connectivity index (χ3n) is 5.69. The highest BCUT2D eigenvalue weighted by atomic mass is 32.2. The van der Waals surface area contributed by atoms with E-state index in [1.54, 1.807) is 19.3 Å². The number of nitrogens with zero attached hydrogens (tertiary/aromatic N) is 6. The van der Waals surface area contributed by atoms with Crippen LogP contribution in [0.2, 0.25) is 0 Å². The first-order valence-corrected chi connectivity index (χ1v) is 11.8. The molecule has 0 unspecified atom stereocenters. The molecule has 0 atom stereocenters. The molecule has 1 amide bonds. The van der Waals surface area contributed by atoms with Crippen molar-refractivity contribution < 1.29 is 9.32 Å². The van der Waals surface area contributed by atoms with Crippen LogP contribution in [-0.4, -0.2) is 41.5 Å². The zero-order valence-electron chi connectivity index (χ0n) is 18.1. The first kappa shape index (κ1) is 21.3. The highest BCUT2D eigenvalue weighted by Gasteiger charge is 2.41. The van der Waals surface area contributed by atoms with Crippen LogP contribution in [0.5, 0.6) is 0 Å². The Balaban J connectivity index is 1.37. The van der Waals surface area contributed by atoms with Gasteiger partial charge in [-0.2, -0.15) is 4.98 Å². The lowest BCUT2D eigenvalue weighted by atomic mass is 9.96. The Bertz CT molecular complexity index is 1230. The van der Waals surface area contributed by atoms with Crippen molar-refractivity contribution in [2.75, 3.05) is 5.75 Å². The Morgan fingerprint density at radius 3 is 2.67 bits per heavy atom. The van der Waals surface area contributed by atoms with E-state index in [0.29, 0.717) is 22.7 Å². The van der Waals surface area contributed by atoms with Crippen molar-refractivity contribution in [3.8, 4) is 17.1 Å². The Morgan fingerprint density at radius 2 is 1.97 bits per heavy atom. The number of benzene rings is 1. The Hall–Kier alpha value is -3.53. The number of carbonyl (C=O) groups excluding carboxylic acids is 1. The second-order valence-corrected chi connectivity index (χ2v) is 8.92. The van der Waals surface area contributed by atoms with Gasteiger partial charge in [0, 0.05) is 30.6 Å². The molecule has 1 fully saturated rings. The molecule has 1 aromatic carbocycles. The topological polar surface area (TPSA) is 112 Å². The number of amides is 1. The Kier molecular flexibility index (Phi) is 5.91. The quantitative estimate of drug-likeness (QED) is 0.415. The van der Waals surface area contributed by atoms with Gasteiger partial charge in [-0.1, -0.05) is 48.0 Å². The SMILES string of the molecule is Cc1nc(C2(NC(=O)CSc3nnc(-c4cccnc4)n3-c3ccccc3)CCCC2)no1. The van der Waals surface area contributed by atoms with Gasteiger partial charge in [-0.05, 0) is 37.1 Å². The molecule has 9 nitrogen and oxygen atoms in total. The monoisotopic (exact) mass is 461 g/mol. The van der Waals surface area contributed by atoms with Gasteiger partial charge in [-0.25, -0.2) is 0 Å². The van der Waals surface area contributed by atoms with Gasteiger partial charge in [-0.15, -0.1) is 10.2 Å². The van der Waals surface area contributed by atoms with E-state index in [9.17, 15) is 4.79 Å². The molecule has 1 N–H and O–H groups in total. The summed E-state index contributed by atoms with van der Waals surface area (Å²) in [5, 5.41) is 16.7. The molecule has 0 bridgehead atoms. The average molecular weight is 462 g/mol. The van der Waals surface area contributed by atoms with E-state index in [1.807, 2.05) is 47.0 Å². The third-order valence-corrected chi connectivity index (χ3v) is 6.62. The highest BCUT2D eigenvalue weighted by Crippen LogP contribution is 2.37. The summed E-state index contributed by atoms with van der Waals surface area (Å²) in [5.74, 6) is 1.82. The molecule has 1 saturated carbocycles. The molecule has 10 heteroatoms. The average Bonchev–Trinajstić information content (AvgIpc) is 3.59. The van der Waals surface area contributed by atoms with Gasteiger partial charge >= 0.3 is 0 Å². The van der Waals surface area contributed by atoms with Crippen LogP contribution in [0.1, 0.15) is 37.4 Å². The molecule has 0 spiro atoms. The molecule has 0 radical (unpaired) electrons. The molecule has 168 valence electrons. The minimum absolute atomic E-state index is 0.102. The first-order valence-electron chi connectivity index (χ1n) is 10.8. The van der Waals surface area contributed by atoms with Crippen molar-refractivity contribution >= 4 is 17.7 Å². The minimum atomic E-state index is -0.566. The fraction of sp³-hybridized carbons (Fsp3) is 0.304. The molecule has 0 aliphatic heterocycles. The van der Waals surface area contributed by atoms with Crippen molar-refractivity contribution in [1.29, 1.82) is 0 Å². The number of carbonyl (C=O) groups is 1. The maximum Gasteiger partial charge on any atom is 0.231 e. The zero-order valence-corrected chi connectivity index (χ0v) is 19.0. The number of hydrogen-bond donors (Lipinski definition) is 1. The summed E-state index contributed by atoms with van der Waals surface area (Å²) in [4.78, 5) is 21.6. The van der Waals surface area contributed by atoms with Gasteiger partial charge in [-0.3, -0.25) is 14.3 Å². The van der Waals surface area contributed by atoms with E-state index >= 15 is 0 Å². The van der Waals surface area contributed by atoms with E-state index in [4.69, 9.17) is 4.52 Å². The van der Waals surface area contributed by atoms with E-state index in [1.165, 1.54) is 11.8 Å². The highest BCUT2D eigenvalue weighted by molar-refractivity contribution is 7.99. The number of para-hydroxylation sites is 1. The largest absolute Gasteiger partial charge is 0.342 e. The predicted molar refractivity (Wildman–Crippen MR) is 123 cm³/mol. The van der Waals surface area contributed by atoms with Crippen molar-refractivity contribution in [3.63, 3.8) is 0 Å². The van der Waals surface area contributed by atoms with Crippen LogP contribution in [0.15, 0.2) is 64.5 Å². The van der Waals surface area contributed by atoms with E-state index in [-0.39, 0.29) is 11.7 Å². The van der Waals surface area contributed by atoms with Gasteiger partial charge in [0.25, 0.3) is 0 Å². The van der Waals surface area contributed by atoms with Gasteiger partial charge in [0.2, 0.25) is 11.8 Å². The number of pyridine rings is 1. The van der Waals surface area contributed by atoms with Crippen molar-refractivity contribution in [2.24, 2.45) is 0 Å². The van der Waals surface area contributed by atoms with Crippen molar-refractivity contribution in [3.05, 3.63) is 66.6 Å². The van der Waals surface area contributed by atoms with E-state index < -0.39 is 5.54 Å². The first-order chi connectivity index (χ1) is 16.1. The van der Waals surface area contributed by atoms with Crippen LogP contribution in [-0.2, 0) is 10.3 Å². The smallest absolute Gasteiger partial charge is 0.231 e. The van der Waals surface area contributed by atoms with E-state index in [2.05, 4.69) is 30.6 Å². The van der Waals surface area contributed by atoms with Gasteiger partial charge < -0.3 is 9.84 Å². The van der Waals surface area contributed by atoms with Gasteiger partial charge in [0.1, 0.15) is 5.54 Å². The Morgan fingerprint density at radius 1 is 1.15 bits per heavy atom. The second-order valence-electron chi connectivity index (χ2n) is 7.98. The lowest BCUT2D eigenvalue weighted by Gasteiger charge is -2.26. The fourth-order valence-corrected chi connectivity index (χ4v) is 4.92. The second kappa shape index (κ2) is 9.14. The van der Waals surface area contributed by atoms with Crippen LogP contribution in [0, 0.1) is 6.92 Å². The Labute approximate surface area is 195 Å². The van der Waals surface area contributed by atoms with Crippen LogP contribution in [0.25, 0.3) is 17.1 Å². The fourth-order valence-electron chi connectivity index (χ4n) is 4.16. The number of nitrogens with one attached hydrogen (secondary N) is 1. The van der Waals surface area contributed by atoms with Crippen LogP contribution >= 0.6 is 11.8 Å². The maximum absolute atomic E-state index is 13.0. The van der Waals surface area contributed by atoms with Gasteiger partial charge in [0.15, 0.2) is 16.8 Å². The molecule has 4 aromatic rings. The molecule has 3 heterocycles. The summed E-state index contributed by atoms with van der Waals surface area (Å²) in [6.07, 6.45) is 7.09. The summed E-state index contributed by atoms with van der Waals surface area (Å²) in [5.41, 5.74) is 1.20. The molecule has 5 rings (SSSR count). The third kappa shape index (κ3) is 4.38. The lowest BCUT2D eigenvalue weighted by molar-refractivity contribution is -0.120. The molecule has 33 heavy (non-hydrogen) atoms. The molecule has 1 aliphatic carbocycles. The molecular weight excluding hydrogens is 438 g/mol. The summed E-state index contributed by atoms with van der Waals surface area (Å²) in [7, 11) is 0. The molecular formula is C23H23N7O2S. The summed E-state index contributed by atoms with van der Waals surface area (Å²) >= 11 is 1.34. The number of aromatic nitrogens is 6. The van der Waals surface area contributed by atoms with Crippen LogP contribution in [0.3, 0.4) is 0 Å². The number of aryl methyl sites for hydroxylation is 1.